The van der Waals surface area contributed by atoms with Crippen LogP contribution < -0.4 is 10.1 Å². The smallest absolute Gasteiger partial charge is 0.259 e. The zero-order chi connectivity index (χ0) is 24.4. The number of aromatic nitrogens is 2. The van der Waals surface area contributed by atoms with Gasteiger partial charge in [-0.15, -0.1) is 0 Å². The van der Waals surface area contributed by atoms with E-state index < -0.39 is 0 Å². The minimum Gasteiger partial charge on any atom is -0.496 e. The molecule has 0 radical (unpaired) electrons. The molecule has 8 heteroatoms. The molecule has 1 aliphatic rings. The monoisotopic (exact) mass is 484 g/mol. The lowest BCUT2D eigenvalue weighted by Crippen LogP contribution is -2.35. The predicted molar refractivity (Wildman–Crippen MR) is 136 cm³/mol. The Labute approximate surface area is 207 Å². The molecule has 0 saturated heterocycles. The van der Waals surface area contributed by atoms with Gasteiger partial charge < -0.3 is 9.64 Å². The summed E-state index contributed by atoms with van der Waals surface area (Å²) in [6, 6.07) is 18.7. The number of fused-ring (bicyclic) bond motifs is 1. The number of hydrogen-bond donors (Lipinski definition) is 1. The summed E-state index contributed by atoms with van der Waals surface area (Å²) in [5.41, 5.74) is 4.40. The van der Waals surface area contributed by atoms with Gasteiger partial charge in [0.15, 0.2) is 5.13 Å². The highest BCUT2D eigenvalue weighted by Gasteiger charge is 2.26. The molecule has 4 aromatic rings. The van der Waals surface area contributed by atoms with Crippen molar-refractivity contribution in [3.63, 3.8) is 0 Å². The summed E-state index contributed by atoms with van der Waals surface area (Å²) in [4.78, 5) is 38.0. The van der Waals surface area contributed by atoms with Crippen LogP contribution in [0, 0.1) is 6.92 Å². The Balaban J connectivity index is 1.37. The van der Waals surface area contributed by atoms with Gasteiger partial charge in [-0.2, -0.15) is 0 Å². The molecule has 0 saturated carbocycles. The molecule has 0 bridgehead atoms. The Hall–Kier alpha value is -4.04. The molecule has 35 heavy (non-hydrogen) atoms. The SMILES string of the molecule is COc1ccccc1-c1cc(C)ncc1C(=O)Nc1nc2c(s1)CN(C(=O)c1ccccc1)CC2. The Bertz CT molecular complexity index is 1400. The number of anilines is 1. The number of methoxy groups -OCH3 is 1. The summed E-state index contributed by atoms with van der Waals surface area (Å²) in [5.74, 6) is 0.393. The molecule has 0 unspecified atom stereocenters. The van der Waals surface area contributed by atoms with Crippen LogP contribution in [0.1, 0.15) is 37.0 Å². The third-order valence-corrected chi connectivity index (χ3v) is 6.94. The second-order valence-electron chi connectivity index (χ2n) is 8.26. The van der Waals surface area contributed by atoms with E-state index in [-0.39, 0.29) is 11.8 Å². The fraction of sp³-hybridized carbons (Fsp3) is 0.185. The Morgan fingerprint density at radius 3 is 2.63 bits per heavy atom. The van der Waals surface area contributed by atoms with E-state index in [9.17, 15) is 9.59 Å². The lowest BCUT2D eigenvalue weighted by molar-refractivity contribution is 0.0736. The van der Waals surface area contributed by atoms with E-state index in [1.54, 1.807) is 13.3 Å². The first kappa shape index (κ1) is 22.7. The summed E-state index contributed by atoms with van der Waals surface area (Å²) >= 11 is 1.41. The van der Waals surface area contributed by atoms with Crippen molar-refractivity contribution in [2.24, 2.45) is 0 Å². The minimum absolute atomic E-state index is 0.00224. The molecule has 0 atom stereocenters. The van der Waals surface area contributed by atoms with Crippen molar-refractivity contribution in [2.45, 2.75) is 19.9 Å². The van der Waals surface area contributed by atoms with E-state index >= 15 is 0 Å². The predicted octanol–water partition coefficient (Wildman–Crippen LogP) is 4.97. The molecule has 2 aromatic carbocycles. The normalized spacial score (nSPS) is 12.7. The first-order valence-electron chi connectivity index (χ1n) is 11.3. The molecule has 0 spiro atoms. The summed E-state index contributed by atoms with van der Waals surface area (Å²) in [7, 11) is 1.61. The van der Waals surface area contributed by atoms with Gasteiger partial charge in [0.05, 0.1) is 24.9 Å². The number of para-hydroxylation sites is 1. The minimum atomic E-state index is -0.290. The van der Waals surface area contributed by atoms with Gasteiger partial charge in [0.2, 0.25) is 0 Å². The van der Waals surface area contributed by atoms with Gasteiger partial charge in [0, 0.05) is 46.4 Å². The van der Waals surface area contributed by atoms with Crippen LogP contribution in [0.3, 0.4) is 0 Å². The van der Waals surface area contributed by atoms with E-state index in [0.717, 1.165) is 27.4 Å². The number of nitrogens with zero attached hydrogens (tertiary/aromatic N) is 3. The highest BCUT2D eigenvalue weighted by Crippen LogP contribution is 2.34. The van der Waals surface area contributed by atoms with Crippen LogP contribution in [0.15, 0.2) is 66.9 Å². The molecule has 1 N–H and O–H groups in total. The molecule has 0 aliphatic carbocycles. The van der Waals surface area contributed by atoms with Crippen LogP contribution in [0.25, 0.3) is 11.1 Å². The van der Waals surface area contributed by atoms with Gasteiger partial charge in [-0.3, -0.25) is 19.9 Å². The quantitative estimate of drug-likeness (QED) is 0.432. The zero-order valence-corrected chi connectivity index (χ0v) is 20.3. The first-order valence-corrected chi connectivity index (χ1v) is 12.1. The maximum absolute atomic E-state index is 13.3. The zero-order valence-electron chi connectivity index (χ0n) is 19.4. The average molecular weight is 485 g/mol. The highest BCUT2D eigenvalue weighted by atomic mass is 32.1. The fourth-order valence-electron chi connectivity index (χ4n) is 4.18. The molecule has 176 valence electrons. The number of thiazole rings is 1. The third-order valence-electron chi connectivity index (χ3n) is 5.94. The lowest BCUT2D eigenvalue weighted by atomic mass is 9.99. The number of pyridine rings is 1. The summed E-state index contributed by atoms with van der Waals surface area (Å²) in [5, 5.41) is 3.46. The number of carbonyl (C=O) groups is 2. The second-order valence-corrected chi connectivity index (χ2v) is 9.34. The number of aryl methyl sites for hydroxylation is 1. The topological polar surface area (TPSA) is 84.4 Å². The number of amides is 2. The van der Waals surface area contributed by atoms with Crippen LogP contribution in [0.2, 0.25) is 0 Å². The molecule has 2 amide bonds. The van der Waals surface area contributed by atoms with E-state index in [1.165, 1.54) is 11.3 Å². The Morgan fingerprint density at radius 2 is 1.83 bits per heavy atom. The lowest BCUT2D eigenvalue weighted by Gasteiger charge is -2.26. The van der Waals surface area contributed by atoms with Gasteiger partial charge in [-0.1, -0.05) is 47.7 Å². The van der Waals surface area contributed by atoms with Crippen molar-refractivity contribution in [3.8, 4) is 16.9 Å². The number of carbonyl (C=O) groups excluding carboxylic acids is 2. The fourth-order valence-corrected chi connectivity index (χ4v) is 5.20. The molecule has 7 nitrogen and oxygen atoms in total. The van der Waals surface area contributed by atoms with E-state index in [0.29, 0.717) is 41.5 Å². The van der Waals surface area contributed by atoms with E-state index in [1.807, 2.05) is 72.5 Å². The largest absolute Gasteiger partial charge is 0.496 e. The van der Waals surface area contributed by atoms with Crippen molar-refractivity contribution in [1.29, 1.82) is 0 Å². The number of nitrogens with one attached hydrogen (secondary N) is 1. The van der Waals surface area contributed by atoms with Gasteiger partial charge in [-0.05, 0) is 31.2 Å². The van der Waals surface area contributed by atoms with Crippen LogP contribution in [0.4, 0.5) is 5.13 Å². The van der Waals surface area contributed by atoms with E-state index in [2.05, 4.69) is 15.3 Å². The van der Waals surface area contributed by atoms with Crippen molar-refractivity contribution in [1.82, 2.24) is 14.9 Å². The van der Waals surface area contributed by atoms with Crippen LogP contribution in [-0.2, 0) is 13.0 Å². The molecule has 0 fully saturated rings. The van der Waals surface area contributed by atoms with Crippen LogP contribution in [0.5, 0.6) is 5.75 Å². The number of rotatable bonds is 5. The van der Waals surface area contributed by atoms with Gasteiger partial charge in [-0.25, -0.2) is 4.98 Å². The standard InChI is InChI=1S/C27H24N4O3S/c1-17-14-20(19-10-6-7-11-23(19)34-2)21(15-28-17)25(32)30-27-29-22-12-13-31(16-24(22)35-27)26(33)18-8-4-3-5-9-18/h3-11,14-15H,12-13,16H2,1-2H3,(H,29,30,32). The van der Waals surface area contributed by atoms with Gasteiger partial charge in [0.1, 0.15) is 5.75 Å². The molecule has 1 aliphatic heterocycles. The molecule has 2 aromatic heterocycles. The molecular formula is C27H24N4O3S. The summed E-state index contributed by atoms with van der Waals surface area (Å²) < 4.78 is 5.51. The molecule has 5 rings (SSSR count). The van der Waals surface area contributed by atoms with E-state index in [4.69, 9.17) is 4.74 Å². The van der Waals surface area contributed by atoms with Gasteiger partial charge in [0.25, 0.3) is 11.8 Å². The summed E-state index contributed by atoms with van der Waals surface area (Å²) in [6.07, 6.45) is 2.24. The third kappa shape index (κ3) is 4.65. The second kappa shape index (κ2) is 9.68. The average Bonchev–Trinajstić information content (AvgIpc) is 3.30. The van der Waals surface area contributed by atoms with Crippen molar-refractivity contribution in [3.05, 3.63) is 94.3 Å². The van der Waals surface area contributed by atoms with Crippen molar-refractivity contribution < 1.29 is 14.3 Å². The number of ether oxygens (including phenoxy) is 1. The van der Waals surface area contributed by atoms with Crippen LogP contribution in [-0.4, -0.2) is 40.3 Å². The Kier molecular flexibility index (Phi) is 6.29. The van der Waals surface area contributed by atoms with Gasteiger partial charge >= 0.3 is 0 Å². The number of benzene rings is 2. The summed E-state index contributed by atoms with van der Waals surface area (Å²) in [6.45, 7) is 2.96. The molecular weight excluding hydrogens is 460 g/mol. The van der Waals surface area contributed by atoms with Crippen molar-refractivity contribution >= 4 is 28.3 Å². The van der Waals surface area contributed by atoms with Crippen molar-refractivity contribution in [2.75, 3.05) is 19.0 Å². The first-order chi connectivity index (χ1) is 17.0. The maximum Gasteiger partial charge on any atom is 0.259 e. The Morgan fingerprint density at radius 1 is 1.06 bits per heavy atom. The maximum atomic E-state index is 13.3. The number of hydrogen-bond acceptors (Lipinski definition) is 6. The van der Waals surface area contributed by atoms with Crippen LogP contribution >= 0.6 is 11.3 Å². The molecule has 3 heterocycles. The highest BCUT2D eigenvalue weighted by molar-refractivity contribution is 7.15.